The predicted molar refractivity (Wildman–Crippen MR) is 69.7 cm³/mol. The van der Waals surface area contributed by atoms with Gasteiger partial charge in [0.2, 0.25) is 0 Å². The molecule has 0 aliphatic rings. The molecule has 88 valence electrons. The summed E-state index contributed by atoms with van der Waals surface area (Å²) in [7, 11) is 0. The van der Waals surface area contributed by atoms with Crippen molar-refractivity contribution in [1.29, 1.82) is 0 Å². The third-order valence-electron chi connectivity index (χ3n) is 2.23. The maximum Gasteiger partial charge on any atom is 0.125 e. The fraction of sp³-hybridized carbons (Fsp3) is 0.385. The second-order valence-electron chi connectivity index (χ2n) is 3.64. The minimum atomic E-state index is -0.521. The molecule has 0 heterocycles. The molecule has 16 heavy (non-hydrogen) atoms. The summed E-state index contributed by atoms with van der Waals surface area (Å²) < 4.78 is 6.57. The van der Waals surface area contributed by atoms with Crippen LogP contribution in [0.25, 0.3) is 0 Å². The van der Waals surface area contributed by atoms with Gasteiger partial charge in [-0.3, -0.25) is 0 Å². The maximum atomic E-state index is 9.61. The zero-order valence-corrected chi connectivity index (χ0v) is 11.0. The molecule has 0 aliphatic heterocycles. The lowest BCUT2D eigenvalue weighted by atomic mass is 10.1. The van der Waals surface area contributed by atoms with E-state index in [4.69, 9.17) is 4.74 Å². The Balaban J connectivity index is 2.67. The summed E-state index contributed by atoms with van der Waals surface area (Å²) in [5.74, 6) is 0.752. The molecule has 1 atom stereocenters. The van der Waals surface area contributed by atoms with Crippen LogP contribution in [-0.2, 0) is 0 Å². The van der Waals surface area contributed by atoms with Gasteiger partial charge in [0, 0.05) is 10.0 Å². The molecule has 3 heteroatoms. The van der Waals surface area contributed by atoms with Crippen LogP contribution in [0.4, 0.5) is 0 Å². The molecule has 0 spiro atoms. The molecule has 1 N–H and O–H groups in total. The molecule has 0 radical (unpaired) electrons. The van der Waals surface area contributed by atoms with E-state index < -0.39 is 6.10 Å². The Kier molecular flexibility index (Phi) is 5.56. The Morgan fingerprint density at radius 1 is 1.56 bits per heavy atom. The Morgan fingerprint density at radius 3 is 2.94 bits per heavy atom. The summed E-state index contributed by atoms with van der Waals surface area (Å²) in [6.45, 7) is 6.04. The quantitative estimate of drug-likeness (QED) is 0.635. The molecule has 1 rings (SSSR count). The number of allylic oxidation sites excluding steroid dienone is 1. The molecule has 0 saturated heterocycles. The summed E-state index contributed by atoms with van der Waals surface area (Å²) in [5.41, 5.74) is 0.813. The van der Waals surface area contributed by atoms with E-state index in [1.807, 2.05) is 24.3 Å². The van der Waals surface area contributed by atoms with Gasteiger partial charge in [0.25, 0.3) is 0 Å². The van der Waals surface area contributed by atoms with E-state index in [-0.39, 0.29) is 0 Å². The van der Waals surface area contributed by atoms with Gasteiger partial charge < -0.3 is 9.84 Å². The van der Waals surface area contributed by atoms with Crippen LogP contribution in [-0.4, -0.2) is 11.7 Å². The Hall–Kier alpha value is -0.800. The second-order valence-corrected chi connectivity index (χ2v) is 4.55. The fourth-order valence-corrected chi connectivity index (χ4v) is 1.77. The van der Waals surface area contributed by atoms with Crippen LogP contribution in [0, 0.1) is 0 Å². The van der Waals surface area contributed by atoms with Gasteiger partial charge in [-0.05, 0) is 38.0 Å². The van der Waals surface area contributed by atoms with E-state index in [0.29, 0.717) is 6.61 Å². The van der Waals surface area contributed by atoms with Crippen molar-refractivity contribution < 1.29 is 9.84 Å². The molecule has 1 aromatic rings. The molecular weight excluding hydrogens is 268 g/mol. The summed E-state index contributed by atoms with van der Waals surface area (Å²) >= 11 is 3.38. The smallest absolute Gasteiger partial charge is 0.125 e. The second kappa shape index (κ2) is 6.71. The lowest BCUT2D eigenvalue weighted by Crippen LogP contribution is -2.02. The van der Waals surface area contributed by atoms with Gasteiger partial charge in [0.05, 0.1) is 12.7 Å². The Morgan fingerprint density at radius 2 is 2.31 bits per heavy atom. The van der Waals surface area contributed by atoms with Crippen molar-refractivity contribution in [3.05, 3.63) is 40.9 Å². The van der Waals surface area contributed by atoms with E-state index in [1.165, 1.54) is 0 Å². The minimum absolute atomic E-state index is 0.521. The monoisotopic (exact) mass is 284 g/mol. The maximum absolute atomic E-state index is 9.61. The first-order chi connectivity index (χ1) is 7.65. The molecule has 0 aliphatic carbocycles. The highest BCUT2D eigenvalue weighted by Crippen LogP contribution is 2.28. The zero-order valence-electron chi connectivity index (χ0n) is 9.45. The standard InChI is InChI=1S/C13H17BrO2/c1-3-4-5-8-16-13-7-6-11(14)9-12(13)10(2)15/h3,6-7,9-10,15H,1,4-5,8H2,2H3/t10-/m1/s1. The Labute approximate surface area is 105 Å². The van der Waals surface area contributed by atoms with E-state index in [0.717, 1.165) is 28.6 Å². The number of benzene rings is 1. The molecule has 0 unspecified atom stereocenters. The molecule has 1 aromatic carbocycles. The minimum Gasteiger partial charge on any atom is -0.493 e. The first kappa shape index (κ1) is 13.3. The van der Waals surface area contributed by atoms with Crippen molar-refractivity contribution in [1.82, 2.24) is 0 Å². The summed E-state index contributed by atoms with van der Waals surface area (Å²) in [6.07, 6.45) is 3.24. The van der Waals surface area contributed by atoms with Crippen molar-refractivity contribution in [2.45, 2.75) is 25.9 Å². The third kappa shape index (κ3) is 3.99. The highest BCUT2D eigenvalue weighted by atomic mass is 79.9. The molecule has 2 nitrogen and oxygen atoms in total. The van der Waals surface area contributed by atoms with Crippen LogP contribution in [0.2, 0.25) is 0 Å². The van der Waals surface area contributed by atoms with Gasteiger partial charge in [-0.1, -0.05) is 22.0 Å². The van der Waals surface area contributed by atoms with Crippen molar-refractivity contribution >= 4 is 15.9 Å². The number of hydrogen-bond acceptors (Lipinski definition) is 2. The summed E-state index contributed by atoms with van der Waals surface area (Å²) in [5, 5.41) is 9.61. The van der Waals surface area contributed by atoms with Crippen molar-refractivity contribution in [3.63, 3.8) is 0 Å². The highest BCUT2D eigenvalue weighted by molar-refractivity contribution is 9.10. The largest absolute Gasteiger partial charge is 0.493 e. The molecular formula is C13H17BrO2. The van der Waals surface area contributed by atoms with Gasteiger partial charge in [-0.25, -0.2) is 0 Å². The average Bonchev–Trinajstić information content (AvgIpc) is 2.26. The van der Waals surface area contributed by atoms with Crippen LogP contribution in [0.15, 0.2) is 35.3 Å². The number of ether oxygens (including phenoxy) is 1. The van der Waals surface area contributed by atoms with Gasteiger partial charge >= 0.3 is 0 Å². The lowest BCUT2D eigenvalue weighted by Gasteiger charge is -2.13. The third-order valence-corrected chi connectivity index (χ3v) is 2.73. The number of halogens is 1. The van der Waals surface area contributed by atoms with Gasteiger partial charge in [-0.2, -0.15) is 0 Å². The van der Waals surface area contributed by atoms with E-state index >= 15 is 0 Å². The van der Waals surface area contributed by atoms with Crippen LogP contribution in [0.1, 0.15) is 31.4 Å². The number of unbranched alkanes of at least 4 members (excludes halogenated alkanes) is 1. The molecule has 0 aromatic heterocycles. The van der Waals surface area contributed by atoms with Gasteiger partial charge in [-0.15, -0.1) is 6.58 Å². The Bertz CT molecular complexity index is 348. The summed E-state index contributed by atoms with van der Waals surface area (Å²) in [4.78, 5) is 0. The van der Waals surface area contributed by atoms with E-state index in [1.54, 1.807) is 6.92 Å². The topological polar surface area (TPSA) is 29.5 Å². The summed E-state index contributed by atoms with van der Waals surface area (Å²) in [6, 6.07) is 5.67. The number of aliphatic hydroxyl groups excluding tert-OH is 1. The van der Waals surface area contributed by atoms with Crippen LogP contribution in [0.5, 0.6) is 5.75 Å². The zero-order chi connectivity index (χ0) is 12.0. The first-order valence-corrected chi connectivity index (χ1v) is 6.15. The van der Waals surface area contributed by atoms with Crippen molar-refractivity contribution in [3.8, 4) is 5.75 Å². The van der Waals surface area contributed by atoms with Gasteiger partial charge in [0.15, 0.2) is 0 Å². The van der Waals surface area contributed by atoms with E-state index in [9.17, 15) is 5.11 Å². The number of hydrogen-bond donors (Lipinski definition) is 1. The lowest BCUT2D eigenvalue weighted by molar-refractivity contribution is 0.191. The molecule has 0 fully saturated rings. The van der Waals surface area contributed by atoms with Crippen molar-refractivity contribution in [2.75, 3.05) is 6.61 Å². The highest BCUT2D eigenvalue weighted by Gasteiger charge is 2.09. The average molecular weight is 285 g/mol. The first-order valence-electron chi connectivity index (χ1n) is 5.36. The fourth-order valence-electron chi connectivity index (χ4n) is 1.39. The van der Waals surface area contributed by atoms with Crippen LogP contribution in [0.3, 0.4) is 0 Å². The number of aliphatic hydroxyl groups is 1. The van der Waals surface area contributed by atoms with E-state index in [2.05, 4.69) is 22.5 Å². The van der Waals surface area contributed by atoms with Crippen LogP contribution >= 0.6 is 15.9 Å². The predicted octanol–water partition coefficient (Wildman–Crippen LogP) is 3.85. The van der Waals surface area contributed by atoms with Crippen LogP contribution < -0.4 is 4.74 Å². The molecule has 0 amide bonds. The van der Waals surface area contributed by atoms with Gasteiger partial charge in [0.1, 0.15) is 5.75 Å². The SMILES string of the molecule is C=CCCCOc1ccc(Br)cc1[C@@H](C)O. The molecule has 0 saturated carbocycles. The van der Waals surface area contributed by atoms with Crippen molar-refractivity contribution in [2.24, 2.45) is 0 Å². The number of rotatable bonds is 6. The normalized spacial score (nSPS) is 12.2. The molecule has 0 bridgehead atoms.